The van der Waals surface area contributed by atoms with Gasteiger partial charge in [0.15, 0.2) is 0 Å². The molecule has 208 valence electrons. The van der Waals surface area contributed by atoms with Crippen molar-refractivity contribution in [2.75, 3.05) is 19.0 Å². The number of methoxy groups -OCH3 is 1. The number of phenolic OH excluding ortho intramolecular Hbond substituents is 1. The monoisotopic (exact) mass is 527 g/mol. The van der Waals surface area contributed by atoms with Gasteiger partial charge in [-0.2, -0.15) is 0 Å². The maximum atomic E-state index is 14.0. The van der Waals surface area contributed by atoms with Gasteiger partial charge < -0.3 is 30.1 Å². The molecule has 3 amide bonds. The standard InChI is InChI=1S/C29H41N3O6/c1-9-17-32(27(35)23(18(2)3)31-28(36)38-29(5,6)7)24(22-12-10-11-19(4)25(22)33)26(34)30-20-13-15-21(37-8)16-14-20/h10-16,18,23-24,33H,9,17H2,1-8H3,(H,30,34)(H,31,36). The van der Waals surface area contributed by atoms with Crippen LogP contribution >= 0.6 is 0 Å². The third-order valence-corrected chi connectivity index (χ3v) is 5.83. The highest BCUT2D eigenvalue weighted by molar-refractivity contribution is 5.99. The minimum Gasteiger partial charge on any atom is -0.507 e. The molecule has 0 heterocycles. The number of hydrogen-bond donors (Lipinski definition) is 3. The summed E-state index contributed by atoms with van der Waals surface area (Å²) in [4.78, 5) is 41.8. The fourth-order valence-corrected chi connectivity index (χ4v) is 3.97. The van der Waals surface area contributed by atoms with Crippen LogP contribution in [-0.4, -0.2) is 53.2 Å². The fraction of sp³-hybridized carbons (Fsp3) is 0.483. The van der Waals surface area contributed by atoms with E-state index in [0.29, 0.717) is 23.4 Å². The van der Waals surface area contributed by atoms with Crippen LogP contribution in [0.3, 0.4) is 0 Å². The number of amides is 3. The third-order valence-electron chi connectivity index (χ3n) is 5.83. The molecular formula is C29H41N3O6. The van der Waals surface area contributed by atoms with E-state index in [0.717, 1.165) is 0 Å². The molecule has 0 bridgehead atoms. The molecule has 0 aliphatic rings. The SMILES string of the molecule is CCCN(C(=O)C(NC(=O)OC(C)(C)C)C(C)C)C(C(=O)Nc1ccc(OC)cc1)c1cccc(C)c1O. The first-order valence-electron chi connectivity index (χ1n) is 12.8. The highest BCUT2D eigenvalue weighted by Gasteiger charge is 2.38. The Morgan fingerprint density at radius 3 is 2.21 bits per heavy atom. The van der Waals surface area contributed by atoms with Crippen LogP contribution in [0.25, 0.3) is 0 Å². The summed E-state index contributed by atoms with van der Waals surface area (Å²) in [7, 11) is 1.55. The number of nitrogens with zero attached hydrogens (tertiary/aromatic N) is 1. The predicted octanol–water partition coefficient (Wildman–Crippen LogP) is 5.18. The topological polar surface area (TPSA) is 117 Å². The van der Waals surface area contributed by atoms with Crippen molar-refractivity contribution in [1.82, 2.24) is 10.2 Å². The molecule has 0 radical (unpaired) electrons. The Morgan fingerprint density at radius 1 is 1.05 bits per heavy atom. The summed E-state index contributed by atoms with van der Waals surface area (Å²) >= 11 is 0. The van der Waals surface area contributed by atoms with Gasteiger partial charge in [-0.3, -0.25) is 9.59 Å². The summed E-state index contributed by atoms with van der Waals surface area (Å²) in [6, 6.07) is 9.77. The summed E-state index contributed by atoms with van der Waals surface area (Å²) in [5.74, 6) is -0.698. The number of carbonyl (C=O) groups excluding carboxylic acids is 3. The van der Waals surface area contributed by atoms with Crippen molar-refractivity contribution in [2.24, 2.45) is 5.92 Å². The highest BCUT2D eigenvalue weighted by Crippen LogP contribution is 2.33. The molecule has 0 aliphatic heterocycles. The van der Waals surface area contributed by atoms with Crippen LogP contribution in [-0.2, 0) is 14.3 Å². The smallest absolute Gasteiger partial charge is 0.408 e. The fourth-order valence-electron chi connectivity index (χ4n) is 3.97. The zero-order valence-corrected chi connectivity index (χ0v) is 23.6. The van der Waals surface area contributed by atoms with Crippen LogP contribution < -0.4 is 15.4 Å². The van der Waals surface area contributed by atoms with Crippen LogP contribution in [0.5, 0.6) is 11.5 Å². The number of anilines is 1. The van der Waals surface area contributed by atoms with Gasteiger partial charge in [0, 0.05) is 17.8 Å². The lowest BCUT2D eigenvalue weighted by atomic mass is 9.96. The lowest BCUT2D eigenvalue weighted by Gasteiger charge is -2.35. The Hall–Kier alpha value is -3.75. The van der Waals surface area contributed by atoms with Gasteiger partial charge in [0.25, 0.3) is 5.91 Å². The van der Waals surface area contributed by atoms with E-state index in [1.165, 1.54) is 4.90 Å². The Morgan fingerprint density at radius 2 is 1.68 bits per heavy atom. The number of nitrogens with one attached hydrogen (secondary N) is 2. The molecule has 9 nitrogen and oxygen atoms in total. The lowest BCUT2D eigenvalue weighted by Crippen LogP contribution is -2.54. The maximum absolute atomic E-state index is 14.0. The molecule has 38 heavy (non-hydrogen) atoms. The zero-order chi connectivity index (χ0) is 28.6. The molecule has 3 N–H and O–H groups in total. The Labute approximate surface area is 225 Å². The van der Waals surface area contributed by atoms with Crippen molar-refractivity contribution in [3.8, 4) is 11.5 Å². The molecule has 0 spiro atoms. The number of para-hydroxylation sites is 1. The molecule has 2 atom stereocenters. The van der Waals surface area contributed by atoms with E-state index in [1.807, 2.05) is 6.92 Å². The average molecular weight is 528 g/mol. The zero-order valence-electron chi connectivity index (χ0n) is 23.6. The van der Waals surface area contributed by atoms with Crippen molar-refractivity contribution in [3.63, 3.8) is 0 Å². The largest absolute Gasteiger partial charge is 0.507 e. The van der Waals surface area contributed by atoms with Crippen molar-refractivity contribution < 1.29 is 29.0 Å². The van der Waals surface area contributed by atoms with Gasteiger partial charge in [-0.1, -0.05) is 39.0 Å². The van der Waals surface area contributed by atoms with E-state index in [9.17, 15) is 19.5 Å². The number of rotatable bonds is 10. The normalized spacial score (nSPS) is 12.9. The van der Waals surface area contributed by atoms with E-state index >= 15 is 0 Å². The van der Waals surface area contributed by atoms with Gasteiger partial charge in [-0.05, 0) is 69.9 Å². The summed E-state index contributed by atoms with van der Waals surface area (Å²) in [5, 5.41) is 16.5. The second kappa shape index (κ2) is 13.2. The van der Waals surface area contributed by atoms with Crippen LogP contribution in [0, 0.1) is 12.8 Å². The van der Waals surface area contributed by atoms with Crippen LogP contribution in [0.1, 0.15) is 65.1 Å². The molecule has 2 rings (SSSR count). The van der Waals surface area contributed by atoms with Crippen molar-refractivity contribution >= 4 is 23.6 Å². The number of ether oxygens (including phenoxy) is 2. The molecule has 0 fully saturated rings. The van der Waals surface area contributed by atoms with E-state index in [4.69, 9.17) is 9.47 Å². The Balaban J connectivity index is 2.53. The van der Waals surface area contributed by atoms with Crippen LogP contribution in [0.2, 0.25) is 0 Å². The molecule has 9 heteroatoms. The maximum Gasteiger partial charge on any atom is 0.408 e. The first-order valence-corrected chi connectivity index (χ1v) is 12.8. The van der Waals surface area contributed by atoms with Gasteiger partial charge in [-0.25, -0.2) is 4.79 Å². The molecule has 2 aromatic rings. The van der Waals surface area contributed by atoms with Gasteiger partial charge in [0.1, 0.15) is 29.2 Å². The molecule has 2 unspecified atom stereocenters. The number of phenols is 1. The van der Waals surface area contributed by atoms with E-state index in [1.54, 1.807) is 91.1 Å². The first-order chi connectivity index (χ1) is 17.8. The highest BCUT2D eigenvalue weighted by atomic mass is 16.6. The molecular weight excluding hydrogens is 486 g/mol. The van der Waals surface area contributed by atoms with Gasteiger partial charge in [0.2, 0.25) is 5.91 Å². The summed E-state index contributed by atoms with van der Waals surface area (Å²) in [6.07, 6.45) is -0.180. The van der Waals surface area contributed by atoms with Gasteiger partial charge >= 0.3 is 6.09 Å². The third kappa shape index (κ3) is 8.13. The van der Waals surface area contributed by atoms with Gasteiger partial charge in [-0.15, -0.1) is 0 Å². The number of hydrogen-bond acceptors (Lipinski definition) is 6. The lowest BCUT2D eigenvalue weighted by molar-refractivity contribution is -0.141. The number of carbonyl (C=O) groups is 3. The summed E-state index contributed by atoms with van der Waals surface area (Å²) in [5.41, 5.74) is 0.619. The molecule has 0 saturated heterocycles. The molecule has 0 aromatic heterocycles. The van der Waals surface area contributed by atoms with Crippen molar-refractivity contribution in [2.45, 2.75) is 72.6 Å². The number of benzene rings is 2. The summed E-state index contributed by atoms with van der Waals surface area (Å²) in [6.45, 7) is 12.7. The van der Waals surface area contributed by atoms with E-state index in [-0.39, 0.29) is 23.8 Å². The minimum atomic E-state index is -1.16. The van der Waals surface area contributed by atoms with Crippen LogP contribution in [0.15, 0.2) is 42.5 Å². The van der Waals surface area contributed by atoms with Crippen molar-refractivity contribution in [1.29, 1.82) is 0 Å². The second-order valence-corrected chi connectivity index (χ2v) is 10.5. The second-order valence-electron chi connectivity index (χ2n) is 10.5. The Kier molecular flexibility index (Phi) is 10.6. The van der Waals surface area contributed by atoms with E-state index in [2.05, 4.69) is 10.6 Å². The van der Waals surface area contributed by atoms with Gasteiger partial charge in [0.05, 0.1) is 7.11 Å². The van der Waals surface area contributed by atoms with Crippen molar-refractivity contribution in [3.05, 3.63) is 53.6 Å². The molecule has 0 aliphatic carbocycles. The Bertz CT molecular complexity index is 1110. The quantitative estimate of drug-likeness (QED) is 0.392. The van der Waals surface area contributed by atoms with Crippen LogP contribution in [0.4, 0.5) is 10.5 Å². The first kappa shape index (κ1) is 30.5. The number of aryl methyl sites for hydroxylation is 1. The minimum absolute atomic E-state index is 0.0718. The summed E-state index contributed by atoms with van der Waals surface area (Å²) < 4.78 is 10.6. The number of alkyl carbamates (subject to hydrolysis) is 1. The molecule has 2 aromatic carbocycles. The number of aromatic hydroxyl groups is 1. The average Bonchev–Trinajstić information content (AvgIpc) is 2.83. The molecule has 0 saturated carbocycles. The predicted molar refractivity (Wildman–Crippen MR) is 147 cm³/mol. The van der Waals surface area contributed by atoms with E-state index < -0.39 is 35.6 Å².